The van der Waals surface area contributed by atoms with Gasteiger partial charge in [-0.2, -0.15) is 0 Å². The standard InChI is InChI=1S/C19H20ClNO5/c1-12(13-5-4-6-15(20)7-13)21-18(22)11-26-19(23)14-8-16(24-2)10-17(9-14)25-3/h4-10,12H,11H2,1-3H3,(H,21,22)/t12-/m1/s1. The van der Waals surface area contributed by atoms with Crippen molar-refractivity contribution in [1.82, 2.24) is 5.32 Å². The Morgan fingerprint density at radius 1 is 1.08 bits per heavy atom. The Morgan fingerprint density at radius 2 is 1.73 bits per heavy atom. The second-order valence-electron chi connectivity index (χ2n) is 5.52. The minimum atomic E-state index is -0.646. The number of carbonyl (C=O) groups excluding carboxylic acids is 2. The minimum Gasteiger partial charge on any atom is -0.497 e. The summed E-state index contributed by atoms with van der Waals surface area (Å²) >= 11 is 5.94. The van der Waals surface area contributed by atoms with Crippen LogP contribution in [0, 0.1) is 0 Å². The van der Waals surface area contributed by atoms with Crippen molar-refractivity contribution in [3.05, 3.63) is 58.6 Å². The highest BCUT2D eigenvalue weighted by Gasteiger charge is 2.15. The van der Waals surface area contributed by atoms with Gasteiger partial charge in [0.2, 0.25) is 0 Å². The summed E-state index contributed by atoms with van der Waals surface area (Å²) in [6.07, 6.45) is 0. The predicted molar refractivity (Wildman–Crippen MR) is 97.8 cm³/mol. The molecule has 7 heteroatoms. The summed E-state index contributed by atoms with van der Waals surface area (Å²) in [5, 5.41) is 3.34. The second kappa shape index (κ2) is 9.10. The summed E-state index contributed by atoms with van der Waals surface area (Å²) in [6, 6.07) is 11.6. The van der Waals surface area contributed by atoms with Crippen LogP contribution in [0.3, 0.4) is 0 Å². The molecule has 0 saturated heterocycles. The topological polar surface area (TPSA) is 73.9 Å². The molecular formula is C19H20ClNO5. The van der Waals surface area contributed by atoms with Gasteiger partial charge in [0.25, 0.3) is 5.91 Å². The zero-order valence-electron chi connectivity index (χ0n) is 14.7. The monoisotopic (exact) mass is 377 g/mol. The van der Waals surface area contributed by atoms with Crippen LogP contribution in [-0.2, 0) is 9.53 Å². The summed E-state index contributed by atoms with van der Waals surface area (Å²) in [4.78, 5) is 24.2. The molecule has 0 aliphatic carbocycles. The third-order valence-electron chi connectivity index (χ3n) is 3.65. The van der Waals surface area contributed by atoms with Crippen molar-refractivity contribution >= 4 is 23.5 Å². The van der Waals surface area contributed by atoms with Crippen LogP contribution in [0.4, 0.5) is 0 Å². The molecule has 0 spiro atoms. The van der Waals surface area contributed by atoms with Gasteiger partial charge in [0.1, 0.15) is 11.5 Å². The molecule has 0 aliphatic rings. The van der Waals surface area contributed by atoms with E-state index in [4.69, 9.17) is 25.8 Å². The van der Waals surface area contributed by atoms with Crippen LogP contribution < -0.4 is 14.8 Å². The third-order valence-corrected chi connectivity index (χ3v) is 3.88. The van der Waals surface area contributed by atoms with Crippen LogP contribution in [-0.4, -0.2) is 32.7 Å². The van der Waals surface area contributed by atoms with Crippen LogP contribution in [0.25, 0.3) is 0 Å². The number of methoxy groups -OCH3 is 2. The van der Waals surface area contributed by atoms with Crippen molar-refractivity contribution < 1.29 is 23.8 Å². The van der Waals surface area contributed by atoms with Crippen LogP contribution in [0.1, 0.15) is 28.9 Å². The normalized spacial score (nSPS) is 11.4. The van der Waals surface area contributed by atoms with Gasteiger partial charge < -0.3 is 19.5 Å². The highest BCUT2D eigenvalue weighted by Crippen LogP contribution is 2.23. The first-order chi connectivity index (χ1) is 12.4. The van der Waals surface area contributed by atoms with Crippen LogP contribution in [0.2, 0.25) is 5.02 Å². The molecule has 2 aromatic rings. The third kappa shape index (κ3) is 5.39. The average Bonchev–Trinajstić information content (AvgIpc) is 2.65. The summed E-state index contributed by atoms with van der Waals surface area (Å²) in [6.45, 7) is 1.42. The first-order valence-corrected chi connectivity index (χ1v) is 8.25. The molecule has 0 fully saturated rings. The Hall–Kier alpha value is -2.73. The maximum absolute atomic E-state index is 12.2. The maximum atomic E-state index is 12.2. The molecule has 0 saturated carbocycles. The number of hydrogen-bond acceptors (Lipinski definition) is 5. The van der Waals surface area contributed by atoms with Gasteiger partial charge >= 0.3 is 5.97 Å². The Kier molecular flexibility index (Phi) is 6.86. The van der Waals surface area contributed by atoms with Crippen LogP contribution in [0.15, 0.2) is 42.5 Å². The fourth-order valence-electron chi connectivity index (χ4n) is 2.28. The van der Waals surface area contributed by atoms with E-state index in [1.807, 2.05) is 13.0 Å². The predicted octanol–water partition coefficient (Wildman–Crippen LogP) is 3.39. The number of amides is 1. The van der Waals surface area contributed by atoms with Gasteiger partial charge in [0.05, 0.1) is 25.8 Å². The summed E-state index contributed by atoms with van der Waals surface area (Å²) in [5.74, 6) is -0.154. The van der Waals surface area contributed by atoms with Gasteiger partial charge in [-0.1, -0.05) is 23.7 Å². The van der Waals surface area contributed by atoms with Gasteiger partial charge in [0.15, 0.2) is 6.61 Å². The fraction of sp³-hybridized carbons (Fsp3) is 0.263. The van der Waals surface area contributed by atoms with Gasteiger partial charge in [-0.25, -0.2) is 4.79 Å². The lowest BCUT2D eigenvalue weighted by Gasteiger charge is -2.15. The number of hydrogen-bond donors (Lipinski definition) is 1. The van der Waals surface area contributed by atoms with Gasteiger partial charge in [-0.05, 0) is 36.8 Å². The van der Waals surface area contributed by atoms with E-state index in [1.165, 1.54) is 26.4 Å². The molecule has 0 aromatic heterocycles. The molecule has 1 N–H and O–H groups in total. The molecule has 0 aliphatic heterocycles. The van der Waals surface area contributed by atoms with Crippen molar-refractivity contribution in [2.45, 2.75) is 13.0 Å². The Bertz CT molecular complexity index is 771. The van der Waals surface area contributed by atoms with Crippen LogP contribution in [0.5, 0.6) is 11.5 Å². The highest BCUT2D eigenvalue weighted by atomic mass is 35.5. The molecule has 1 amide bonds. The van der Waals surface area contributed by atoms with Crippen molar-refractivity contribution in [1.29, 1.82) is 0 Å². The number of esters is 1. The molecule has 6 nitrogen and oxygen atoms in total. The number of benzene rings is 2. The van der Waals surface area contributed by atoms with Crippen molar-refractivity contribution in [3.63, 3.8) is 0 Å². The SMILES string of the molecule is COc1cc(OC)cc(C(=O)OCC(=O)N[C@H](C)c2cccc(Cl)c2)c1. The lowest BCUT2D eigenvalue weighted by atomic mass is 10.1. The van der Waals surface area contributed by atoms with Crippen LogP contribution >= 0.6 is 11.6 Å². The lowest BCUT2D eigenvalue weighted by Crippen LogP contribution is -2.31. The number of ether oxygens (including phenoxy) is 3. The number of nitrogens with one attached hydrogen (secondary N) is 1. The Morgan fingerprint density at radius 3 is 2.31 bits per heavy atom. The molecule has 26 heavy (non-hydrogen) atoms. The quantitative estimate of drug-likeness (QED) is 0.748. The summed E-state index contributed by atoms with van der Waals surface area (Å²) < 4.78 is 15.3. The Balaban J connectivity index is 1.93. The van der Waals surface area contributed by atoms with Crippen molar-refractivity contribution in [3.8, 4) is 11.5 Å². The number of carbonyl (C=O) groups is 2. The second-order valence-corrected chi connectivity index (χ2v) is 5.96. The zero-order chi connectivity index (χ0) is 19.1. The van der Waals surface area contributed by atoms with E-state index in [0.29, 0.717) is 16.5 Å². The first kappa shape index (κ1) is 19.6. The Labute approximate surface area is 157 Å². The molecule has 0 heterocycles. The van der Waals surface area contributed by atoms with E-state index < -0.39 is 18.5 Å². The molecular weight excluding hydrogens is 358 g/mol. The van der Waals surface area contributed by atoms with E-state index in [-0.39, 0.29) is 11.6 Å². The molecule has 0 unspecified atom stereocenters. The summed E-state index contributed by atoms with van der Waals surface area (Å²) in [7, 11) is 2.96. The average molecular weight is 378 g/mol. The van der Waals surface area contributed by atoms with E-state index in [1.54, 1.807) is 24.3 Å². The van der Waals surface area contributed by atoms with Gasteiger partial charge in [-0.3, -0.25) is 4.79 Å². The lowest BCUT2D eigenvalue weighted by molar-refractivity contribution is -0.124. The molecule has 0 radical (unpaired) electrons. The minimum absolute atomic E-state index is 0.233. The number of rotatable bonds is 7. The zero-order valence-corrected chi connectivity index (χ0v) is 15.5. The van der Waals surface area contributed by atoms with Crippen molar-refractivity contribution in [2.75, 3.05) is 20.8 Å². The van der Waals surface area contributed by atoms with E-state index in [9.17, 15) is 9.59 Å². The number of halogens is 1. The molecule has 1 atom stereocenters. The van der Waals surface area contributed by atoms with Gasteiger partial charge in [-0.15, -0.1) is 0 Å². The molecule has 2 aromatic carbocycles. The van der Waals surface area contributed by atoms with Gasteiger partial charge in [0, 0.05) is 11.1 Å². The fourth-order valence-corrected chi connectivity index (χ4v) is 2.48. The van der Waals surface area contributed by atoms with E-state index in [0.717, 1.165) is 5.56 Å². The van der Waals surface area contributed by atoms with E-state index >= 15 is 0 Å². The summed E-state index contributed by atoms with van der Waals surface area (Å²) in [5.41, 5.74) is 1.09. The molecule has 138 valence electrons. The maximum Gasteiger partial charge on any atom is 0.338 e. The highest BCUT2D eigenvalue weighted by molar-refractivity contribution is 6.30. The van der Waals surface area contributed by atoms with Crippen molar-refractivity contribution in [2.24, 2.45) is 0 Å². The first-order valence-electron chi connectivity index (χ1n) is 7.88. The molecule has 2 rings (SSSR count). The van der Waals surface area contributed by atoms with E-state index in [2.05, 4.69) is 5.32 Å². The molecule has 0 bridgehead atoms. The smallest absolute Gasteiger partial charge is 0.338 e. The largest absolute Gasteiger partial charge is 0.497 e.